The van der Waals surface area contributed by atoms with Crippen LogP contribution >= 0.6 is 0 Å². The Morgan fingerprint density at radius 3 is 1.58 bits per heavy atom. The number of hydrazone groups is 2. The fourth-order valence-corrected chi connectivity index (χ4v) is 5.02. The fourth-order valence-electron chi connectivity index (χ4n) is 5.02. The topological polar surface area (TPSA) is 74.6 Å². The molecule has 36 heavy (non-hydrogen) atoms. The fraction of sp³-hybridized carbons (Fsp3) is 0.241. The number of hydrogen-bond donors (Lipinski definition) is 0. The Morgan fingerprint density at radius 2 is 1.17 bits per heavy atom. The second-order valence-corrected chi connectivity index (χ2v) is 8.94. The summed E-state index contributed by atoms with van der Waals surface area (Å²) in [6, 6.07) is 26.4. The molecular weight excluding hydrogens is 452 g/mol. The van der Waals surface area contributed by atoms with Crippen LogP contribution in [0, 0.1) is 11.8 Å². The largest absolute Gasteiger partial charge is 0.494 e. The molecule has 0 spiro atoms. The molecule has 0 aliphatic carbocycles. The van der Waals surface area contributed by atoms with Crippen LogP contribution in [0.15, 0.2) is 95.1 Å². The summed E-state index contributed by atoms with van der Waals surface area (Å²) in [6.45, 7) is 6.20. The number of amides is 2. The van der Waals surface area contributed by atoms with E-state index < -0.39 is 17.8 Å². The van der Waals surface area contributed by atoms with Gasteiger partial charge in [-0.3, -0.25) is 9.59 Å². The third kappa shape index (κ3) is 4.17. The van der Waals surface area contributed by atoms with Gasteiger partial charge in [-0.05, 0) is 62.7 Å². The van der Waals surface area contributed by atoms with Crippen molar-refractivity contribution in [1.29, 1.82) is 0 Å². The van der Waals surface area contributed by atoms with Gasteiger partial charge >= 0.3 is 0 Å². The molecule has 182 valence electrons. The lowest BCUT2D eigenvalue weighted by Crippen LogP contribution is -2.40. The summed E-state index contributed by atoms with van der Waals surface area (Å²) in [4.78, 5) is 27.7. The first-order chi connectivity index (χ1) is 17.5. The normalized spacial score (nSPS) is 20.4. The molecule has 1 unspecified atom stereocenters. The zero-order chi connectivity index (χ0) is 25.2. The number of carbonyl (C=O) groups is 2. The van der Waals surface area contributed by atoms with E-state index in [9.17, 15) is 9.59 Å². The molecule has 2 aliphatic rings. The number of rotatable bonds is 7. The molecule has 2 heterocycles. The molecule has 7 heteroatoms. The molecule has 3 aromatic rings. The predicted molar refractivity (Wildman–Crippen MR) is 141 cm³/mol. The number of carbonyl (C=O) groups excluding carboxylic acids is 2. The molecule has 2 aliphatic heterocycles. The van der Waals surface area contributed by atoms with Crippen molar-refractivity contribution in [1.82, 2.24) is 0 Å². The van der Waals surface area contributed by atoms with E-state index in [1.54, 1.807) is 0 Å². The zero-order valence-corrected chi connectivity index (χ0v) is 20.5. The number of ether oxygens (including phenoxy) is 1. The van der Waals surface area contributed by atoms with Crippen LogP contribution in [-0.4, -0.2) is 29.8 Å². The lowest BCUT2D eigenvalue weighted by molar-refractivity contribution is -0.122. The summed E-state index contributed by atoms with van der Waals surface area (Å²) in [7, 11) is 0. The van der Waals surface area contributed by atoms with Crippen LogP contribution in [0.3, 0.4) is 0 Å². The zero-order valence-electron chi connectivity index (χ0n) is 20.5. The van der Waals surface area contributed by atoms with Gasteiger partial charge in [0.05, 0.1) is 29.8 Å². The maximum Gasteiger partial charge on any atom is 0.256 e. The van der Waals surface area contributed by atoms with E-state index in [0.29, 0.717) is 29.4 Å². The Bertz CT molecular complexity index is 1240. The van der Waals surface area contributed by atoms with Crippen LogP contribution in [0.4, 0.5) is 11.4 Å². The lowest BCUT2D eigenvalue weighted by atomic mass is 9.73. The standard InChI is InChI=1S/C29H28N4O3/c1-4-36-24-17-15-21(16-18-24)27(25-19(2)30-32(28(25)34)22-11-7-5-8-12-22)26-20(3)31-33(29(26)35)23-13-9-6-10-14-23/h5-18,25-27H,4H2,1-3H3/t25-,26+,27?. The van der Waals surface area contributed by atoms with Gasteiger partial charge in [-0.2, -0.15) is 10.2 Å². The third-order valence-electron chi connectivity index (χ3n) is 6.66. The highest BCUT2D eigenvalue weighted by Gasteiger charge is 2.50. The van der Waals surface area contributed by atoms with Gasteiger partial charge in [0.1, 0.15) is 5.75 Å². The van der Waals surface area contributed by atoms with E-state index in [1.165, 1.54) is 10.0 Å². The van der Waals surface area contributed by atoms with Gasteiger partial charge in [0.2, 0.25) is 0 Å². The second-order valence-electron chi connectivity index (χ2n) is 8.94. The molecule has 0 aromatic heterocycles. The number of anilines is 2. The Hall–Kier alpha value is -4.26. The molecule has 3 atom stereocenters. The van der Waals surface area contributed by atoms with Crippen molar-refractivity contribution in [3.8, 4) is 5.75 Å². The average molecular weight is 481 g/mol. The van der Waals surface area contributed by atoms with Crippen molar-refractivity contribution in [3.05, 3.63) is 90.5 Å². The SMILES string of the molecule is CCOc1ccc(C([C@@H]2C(=O)N(c3ccccc3)N=C2C)[C@H]2C(=O)N(c3ccccc3)N=C2C)cc1. The second kappa shape index (κ2) is 9.77. The number of hydrogen-bond acceptors (Lipinski definition) is 5. The van der Waals surface area contributed by atoms with Crippen molar-refractivity contribution in [2.45, 2.75) is 26.7 Å². The third-order valence-corrected chi connectivity index (χ3v) is 6.66. The van der Waals surface area contributed by atoms with Crippen molar-refractivity contribution in [3.63, 3.8) is 0 Å². The molecule has 5 rings (SSSR count). The summed E-state index contributed by atoms with van der Waals surface area (Å²) >= 11 is 0. The minimum atomic E-state index is -0.613. The number of para-hydroxylation sites is 2. The van der Waals surface area contributed by atoms with E-state index in [-0.39, 0.29) is 11.8 Å². The highest BCUT2D eigenvalue weighted by atomic mass is 16.5. The van der Waals surface area contributed by atoms with E-state index >= 15 is 0 Å². The van der Waals surface area contributed by atoms with E-state index in [4.69, 9.17) is 4.74 Å². The molecule has 3 aromatic carbocycles. The molecule has 0 bridgehead atoms. The molecule has 0 saturated heterocycles. The first-order valence-electron chi connectivity index (χ1n) is 12.1. The van der Waals surface area contributed by atoms with E-state index in [1.807, 2.05) is 106 Å². The molecule has 0 radical (unpaired) electrons. The van der Waals surface area contributed by atoms with Gasteiger partial charge in [-0.25, -0.2) is 10.0 Å². The predicted octanol–water partition coefficient (Wildman–Crippen LogP) is 5.25. The molecule has 0 N–H and O–H groups in total. The van der Waals surface area contributed by atoms with Gasteiger partial charge in [0.15, 0.2) is 0 Å². The van der Waals surface area contributed by atoms with Crippen LogP contribution < -0.4 is 14.8 Å². The molecule has 0 fully saturated rings. The average Bonchev–Trinajstić information content (AvgIpc) is 3.36. The summed E-state index contributed by atoms with van der Waals surface area (Å²) in [6.07, 6.45) is 0. The van der Waals surface area contributed by atoms with Gasteiger partial charge in [0.25, 0.3) is 11.8 Å². The minimum Gasteiger partial charge on any atom is -0.494 e. The first kappa shape index (κ1) is 23.5. The highest BCUT2D eigenvalue weighted by Crippen LogP contribution is 2.42. The van der Waals surface area contributed by atoms with Crippen LogP contribution in [0.2, 0.25) is 0 Å². The molecular formula is C29H28N4O3. The Balaban J connectivity index is 1.56. The Kier molecular flexibility index (Phi) is 6.38. The van der Waals surface area contributed by atoms with Crippen LogP contribution in [0.1, 0.15) is 32.3 Å². The van der Waals surface area contributed by atoms with Gasteiger partial charge in [-0.15, -0.1) is 0 Å². The summed E-state index contributed by atoms with van der Waals surface area (Å²) in [5.41, 5.74) is 3.60. The molecule has 7 nitrogen and oxygen atoms in total. The van der Waals surface area contributed by atoms with Gasteiger partial charge in [-0.1, -0.05) is 48.5 Å². The number of benzene rings is 3. The minimum absolute atomic E-state index is 0.156. The maximum absolute atomic E-state index is 13.8. The lowest BCUT2D eigenvalue weighted by Gasteiger charge is -2.28. The van der Waals surface area contributed by atoms with Crippen molar-refractivity contribution < 1.29 is 14.3 Å². The van der Waals surface area contributed by atoms with E-state index in [0.717, 1.165) is 11.3 Å². The van der Waals surface area contributed by atoms with Crippen molar-refractivity contribution >= 4 is 34.6 Å². The monoisotopic (exact) mass is 480 g/mol. The summed E-state index contributed by atoms with van der Waals surface area (Å²) in [5.74, 6) is -1.28. The Morgan fingerprint density at radius 1 is 0.722 bits per heavy atom. The van der Waals surface area contributed by atoms with Crippen LogP contribution in [0.5, 0.6) is 5.75 Å². The summed E-state index contributed by atoms with van der Waals surface area (Å²) in [5, 5.41) is 12.1. The number of nitrogens with zero attached hydrogens (tertiary/aromatic N) is 4. The highest BCUT2D eigenvalue weighted by molar-refractivity contribution is 6.19. The van der Waals surface area contributed by atoms with E-state index in [2.05, 4.69) is 10.2 Å². The molecule has 2 amide bonds. The van der Waals surface area contributed by atoms with Crippen molar-refractivity contribution in [2.24, 2.45) is 22.0 Å². The van der Waals surface area contributed by atoms with Crippen molar-refractivity contribution in [2.75, 3.05) is 16.6 Å². The maximum atomic E-state index is 13.8. The van der Waals surface area contributed by atoms with Gasteiger partial charge in [0, 0.05) is 17.3 Å². The van der Waals surface area contributed by atoms with Crippen LogP contribution in [0.25, 0.3) is 0 Å². The smallest absolute Gasteiger partial charge is 0.256 e. The van der Waals surface area contributed by atoms with Gasteiger partial charge < -0.3 is 4.74 Å². The first-order valence-corrected chi connectivity index (χ1v) is 12.1. The molecule has 0 saturated carbocycles. The summed E-state index contributed by atoms with van der Waals surface area (Å²) < 4.78 is 5.63. The Labute approximate surface area is 210 Å². The van der Waals surface area contributed by atoms with Crippen LogP contribution in [-0.2, 0) is 9.59 Å². The quantitative estimate of drug-likeness (QED) is 0.464.